The van der Waals surface area contributed by atoms with Crippen LogP contribution in [0.2, 0.25) is 0 Å². The second-order valence-electron chi connectivity index (χ2n) is 6.13. The number of carbonyl (C=O) groups is 1. The predicted molar refractivity (Wildman–Crippen MR) is 118 cm³/mol. The highest BCUT2D eigenvalue weighted by atomic mass is 32.2. The number of fused-ring (bicyclic) bond motifs is 1. The van der Waals surface area contributed by atoms with Crippen LogP contribution in [-0.4, -0.2) is 26.8 Å². The molecule has 0 unspecified atom stereocenters. The molecular weight excluding hydrogens is 408 g/mol. The lowest BCUT2D eigenvalue weighted by atomic mass is 10.1. The quantitative estimate of drug-likeness (QED) is 0.417. The maximum atomic E-state index is 12.3. The first-order valence-electron chi connectivity index (χ1n) is 8.83. The summed E-state index contributed by atoms with van der Waals surface area (Å²) in [6, 6.07) is 11.9. The van der Waals surface area contributed by atoms with Crippen LogP contribution in [0.3, 0.4) is 0 Å². The molecule has 0 spiro atoms. The Bertz CT molecular complexity index is 1100. The highest BCUT2D eigenvalue weighted by Crippen LogP contribution is 2.36. The van der Waals surface area contributed by atoms with Gasteiger partial charge in [0.1, 0.15) is 16.2 Å². The molecule has 0 fully saturated rings. The highest BCUT2D eigenvalue weighted by molar-refractivity contribution is 8.00. The maximum Gasteiger partial charge on any atom is 0.234 e. The Morgan fingerprint density at radius 2 is 2.00 bits per heavy atom. The number of hydrogen-bond donors (Lipinski definition) is 1. The molecular formula is C20H18N4OS3. The van der Waals surface area contributed by atoms with Gasteiger partial charge in [0, 0.05) is 5.69 Å². The third-order valence-corrected chi connectivity index (χ3v) is 6.94. The van der Waals surface area contributed by atoms with E-state index in [1.807, 2.05) is 48.7 Å². The molecule has 0 aliphatic carbocycles. The summed E-state index contributed by atoms with van der Waals surface area (Å²) < 4.78 is 1.02. The number of thiophene rings is 1. The lowest BCUT2D eigenvalue weighted by Gasteiger charge is -2.06. The number of nitrogens with one attached hydrogen (secondary N) is 1. The van der Waals surface area contributed by atoms with Crippen LogP contribution in [0.25, 0.3) is 20.8 Å². The van der Waals surface area contributed by atoms with Crippen molar-refractivity contribution in [2.24, 2.45) is 0 Å². The highest BCUT2D eigenvalue weighted by Gasteiger charge is 2.17. The van der Waals surface area contributed by atoms with Crippen molar-refractivity contribution < 1.29 is 4.79 Å². The molecule has 3 heterocycles. The summed E-state index contributed by atoms with van der Waals surface area (Å²) in [5, 5.41) is 15.4. The molecule has 28 heavy (non-hydrogen) atoms. The molecule has 0 aliphatic heterocycles. The third-order valence-electron chi connectivity index (χ3n) is 4.13. The number of rotatable bonds is 6. The number of aromatic nitrogens is 3. The van der Waals surface area contributed by atoms with E-state index in [0.29, 0.717) is 5.03 Å². The van der Waals surface area contributed by atoms with Crippen LogP contribution in [0.4, 0.5) is 5.69 Å². The number of nitrogens with zero attached hydrogens (tertiary/aromatic N) is 3. The van der Waals surface area contributed by atoms with Gasteiger partial charge in [0.25, 0.3) is 0 Å². The fourth-order valence-corrected chi connectivity index (χ4v) is 5.23. The number of thioether (sulfide) groups is 1. The van der Waals surface area contributed by atoms with Gasteiger partial charge in [0.2, 0.25) is 5.91 Å². The summed E-state index contributed by atoms with van der Waals surface area (Å²) >= 11 is 4.61. The largest absolute Gasteiger partial charge is 0.325 e. The summed E-state index contributed by atoms with van der Waals surface area (Å²) in [7, 11) is 0. The van der Waals surface area contributed by atoms with Gasteiger partial charge in [0.05, 0.1) is 20.3 Å². The number of aryl methyl sites for hydroxylation is 2. The SMILES string of the molecule is CCc1ccc(NC(=O)CSc2nnc(-c3cccs3)c3sc(C)nc23)cc1. The number of hydrogen-bond acceptors (Lipinski definition) is 7. The molecule has 0 bridgehead atoms. The lowest BCUT2D eigenvalue weighted by Crippen LogP contribution is -2.14. The number of anilines is 1. The van der Waals surface area contributed by atoms with Gasteiger partial charge in [-0.2, -0.15) is 0 Å². The molecule has 0 radical (unpaired) electrons. The van der Waals surface area contributed by atoms with Crippen LogP contribution >= 0.6 is 34.4 Å². The fourth-order valence-electron chi connectivity index (χ4n) is 2.75. The van der Waals surface area contributed by atoms with Crippen molar-refractivity contribution in [1.29, 1.82) is 0 Å². The second kappa shape index (κ2) is 8.38. The fraction of sp³-hybridized carbons (Fsp3) is 0.200. The van der Waals surface area contributed by atoms with E-state index in [4.69, 9.17) is 0 Å². The van der Waals surface area contributed by atoms with E-state index in [-0.39, 0.29) is 11.7 Å². The minimum Gasteiger partial charge on any atom is -0.325 e. The van der Waals surface area contributed by atoms with Crippen molar-refractivity contribution in [2.45, 2.75) is 25.3 Å². The van der Waals surface area contributed by atoms with Gasteiger partial charge in [-0.15, -0.1) is 32.9 Å². The van der Waals surface area contributed by atoms with Crippen molar-refractivity contribution in [3.8, 4) is 10.6 Å². The molecule has 0 atom stereocenters. The zero-order valence-electron chi connectivity index (χ0n) is 15.4. The topological polar surface area (TPSA) is 67.8 Å². The molecule has 4 rings (SSSR count). The minimum absolute atomic E-state index is 0.0708. The Morgan fingerprint density at radius 1 is 1.18 bits per heavy atom. The molecule has 0 saturated heterocycles. The average Bonchev–Trinajstić information content (AvgIpc) is 3.36. The maximum absolute atomic E-state index is 12.3. The van der Waals surface area contributed by atoms with Crippen LogP contribution in [0.15, 0.2) is 46.8 Å². The van der Waals surface area contributed by atoms with Gasteiger partial charge >= 0.3 is 0 Å². The van der Waals surface area contributed by atoms with E-state index in [2.05, 4.69) is 27.4 Å². The zero-order chi connectivity index (χ0) is 19.5. The van der Waals surface area contributed by atoms with Gasteiger partial charge < -0.3 is 5.32 Å². The van der Waals surface area contributed by atoms with E-state index < -0.39 is 0 Å². The number of benzene rings is 1. The van der Waals surface area contributed by atoms with E-state index in [9.17, 15) is 4.79 Å². The monoisotopic (exact) mass is 426 g/mol. The van der Waals surface area contributed by atoms with Crippen molar-refractivity contribution in [3.05, 3.63) is 52.3 Å². The van der Waals surface area contributed by atoms with E-state index in [0.717, 1.165) is 37.9 Å². The summed E-state index contributed by atoms with van der Waals surface area (Å²) in [5.74, 6) is 0.187. The predicted octanol–water partition coefficient (Wildman–Crippen LogP) is 5.42. The first kappa shape index (κ1) is 19.0. The molecule has 142 valence electrons. The van der Waals surface area contributed by atoms with Crippen molar-refractivity contribution in [2.75, 3.05) is 11.1 Å². The van der Waals surface area contributed by atoms with E-state index in [1.165, 1.54) is 17.3 Å². The molecule has 3 aromatic heterocycles. The van der Waals surface area contributed by atoms with Crippen LogP contribution in [0, 0.1) is 6.92 Å². The standard InChI is InChI=1S/C20H18N4OS3/c1-3-13-6-8-14(9-7-13)22-16(25)11-27-20-18-19(28-12(2)21-18)17(23-24-20)15-5-4-10-26-15/h4-10H,3,11H2,1-2H3,(H,22,25). The van der Waals surface area contributed by atoms with Crippen molar-refractivity contribution in [1.82, 2.24) is 15.2 Å². The third kappa shape index (κ3) is 4.09. The van der Waals surface area contributed by atoms with Crippen molar-refractivity contribution >= 4 is 56.2 Å². The number of thiazole rings is 1. The van der Waals surface area contributed by atoms with E-state index >= 15 is 0 Å². The summed E-state index contributed by atoms with van der Waals surface area (Å²) in [6.07, 6.45) is 0.979. The number of amides is 1. The van der Waals surface area contributed by atoms with Crippen molar-refractivity contribution in [3.63, 3.8) is 0 Å². The van der Waals surface area contributed by atoms with Crippen LogP contribution in [-0.2, 0) is 11.2 Å². The Balaban J connectivity index is 1.50. The number of carbonyl (C=O) groups excluding carboxylic acids is 1. The summed E-state index contributed by atoms with van der Waals surface area (Å²) in [6.45, 7) is 4.08. The Morgan fingerprint density at radius 3 is 2.71 bits per heavy atom. The molecule has 8 heteroatoms. The van der Waals surface area contributed by atoms with Crippen LogP contribution < -0.4 is 5.32 Å². The molecule has 1 amide bonds. The first-order valence-corrected chi connectivity index (χ1v) is 11.5. The van der Waals surface area contributed by atoms with Gasteiger partial charge in [-0.3, -0.25) is 4.79 Å². The van der Waals surface area contributed by atoms with Gasteiger partial charge in [-0.1, -0.05) is 36.9 Å². The lowest BCUT2D eigenvalue weighted by molar-refractivity contribution is -0.113. The van der Waals surface area contributed by atoms with Crippen LogP contribution in [0.5, 0.6) is 0 Å². The van der Waals surface area contributed by atoms with Gasteiger partial charge in [-0.25, -0.2) is 4.98 Å². The Labute approximate surface area is 175 Å². The summed E-state index contributed by atoms with van der Waals surface area (Å²) in [5.41, 5.74) is 3.73. The smallest absolute Gasteiger partial charge is 0.234 e. The second-order valence-corrected chi connectivity index (χ2v) is 9.24. The molecule has 0 aliphatic rings. The van der Waals surface area contributed by atoms with Crippen LogP contribution in [0.1, 0.15) is 17.5 Å². The Kier molecular flexibility index (Phi) is 5.70. The van der Waals surface area contributed by atoms with Gasteiger partial charge in [-0.05, 0) is 42.5 Å². The van der Waals surface area contributed by atoms with Gasteiger partial charge in [0.15, 0.2) is 0 Å². The van der Waals surface area contributed by atoms with E-state index in [1.54, 1.807) is 22.7 Å². The normalized spacial score (nSPS) is 11.1. The minimum atomic E-state index is -0.0708. The molecule has 4 aromatic rings. The molecule has 0 saturated carbocycles. The zero-order valence-corrected chi connectivity index (χ0v) is 17.9. The molecule has 5 nitrogen and oxygen atoms in total. The molecule has 1 N–H and O–H groups in total. The molecule has 1 aromatic carbocycles. The average molecular weight is 427 g/mol. The Hall–Kier alpha value is -2.29. The summed E-state index contributed by atoms with van der Waals surface area (Å²) in [4.78, 5) is 18.0. The first-order chi connectivity index (χ1) is 13.6.